The van der Waals surface area contributed by atoms with E-state index in [-0.39, 0.29) is 12.3 Å². The minimum Gasteiger partial charge on any atom is -0.493 e. The number of nitrogens with one attached hydrogen (secondary N) is 1. The molecule has 0 spiro atoms. The summed E-state index contributed by atoms with van der Waals surface area (Å²) in [5, 5.41) is 5.18. The predicted octanol–water partition coefficient (Wildman–Crippen LogP) is 4.80. The van der Waals surface area contributed by atoms with Crippen LogP contribution < -0.4 is 14.8 Å². The summed E-state index contributed by atoms with van der Waals surface area (Å²) in [5.74, 6) is 1.12. The molecule has 1 N–H and O–H groups in total. The smallest absolute Gasteiger partial charge is 0.228 e. The zero-order valence-electron chi connectivity index (χ0n) is 14.0. The van der Waals surface area contributed by atoms with Gasteiger partial charge in [-0.2, -0.15) is 0 Å². The van der Waals surface area contributed by atoms with Gasteiger partial charge in [0.1, 0.15) is 0 Å². The highest BCUT2D eigenvalue weighted by atomic mass is 79.9. The Morgan fingerprint density at radius 2 is 1.64 bits per heavy atom. The number of fused-ring (bicyclic) bond motifs is 1. The highest BCUT2D eigenvalue weighted by molar-refractivity contribution is 9.10. The summed E-state index contributed by atoms with van der Waals surface area (Å²) in [6.45, 7) is 0. The Labute approximate surface area is 154 Å². The minimum atomic E-state index is -0.0943. The summed E-state index contributed by atoms with van der Waals surface area (Å²) in [7, 11) is 3.15. The molecule has 0 aromatic heterocycles. The second-order valence-corrected chi connectivity index (χ2v) is 6.44. The Kier molecular flexibility index (Phi) is 5.24. The quantitative estimate of drug-likeness (QED) is 0.669. The molecule has 0 bridgehead atoms. The van der Waals surface area contributed by atoms with E-state index in [9.17, 15) is 4.79 Å². The Bertz CT molecular complexity index is 924. The average molecular weight is 400 g/mol. The lowest BCUT2D eigenvalue weighted by atomic mass is 10.1. The number of halogens is 1. The number of benzene rings is 3. The lowest BCUT2D eigenvalue weighted by Gasteiger charge is -2.12. The summed E-state index contributed by atoms with van der Waals surface area (Å²) < 4.78 is 11.4. The van der Waals surface area contributed by atoms with Crippen LogP contribution in [0.4, 0.5) is 5.69 Å². The van der Waals surface area contributed by atoms with Crippen LogP contribution in [0.2, 0.25) is 0 Å². The summed E-state index contributed by atoms with van der Waals surface area (Å²) in [6.07, 6.45) is 0.230. The molecular weight excluding hydrogens is 382 g/mol. The zero-order valence-corrected chi connectivity index (χ0v) is 15.6. The Hall–Kier alpha value is -2.53. The van der Waals surface area contributed by atoms with Gasteiger partial charge in [-0.05, 0) is 40.6 Å². The molecule has 3 aromatic carbocycles. The van der Waals surface area contributed by atoms with E-state index in [1.807, 2.05) is 48.5 Å². The maximum absolute atomic E-state index is 12.4. The summed E-state index contributed by atoms with van der Waals surface area (Å²) in [4.78, 5) is 12.4. The van der Waals surface area contributed by atoms with E-state index in [1.54, 1.807) is 20.3 Å². The molecule has 0 saturated heterocycles. The molecule has 0 unspecified atom stereocenters. The van der Waals surface area contributed by atoms with Gasteiger partial charge in [0.25, 0.3) is 0 Å². The highest BCUT2D eigenvalue weighted by Gasteiger charge is 2.13. The number of ether oxygens (including phenoxy) is 2. The molecule has 0 aliphatic rings. The van der Waals surface area contributed by atoms with Gasteiger partial charge >= 0.3 is 0 Å². The van der Waals surface area contributed by atoms with Crippen LogP contribution in [-0.4, -0.2) is 20.1 Å². The third-order valence-electron chi connectivity index (χ3n) is 3.94. The van der Waals surface area contributed by atoms with Crippen LogP contribution in [0.25, 0.3) is 10.8 Å². The van der Waals surface area contributed by atoms with Gasteiger partial charge in [-0.3, -0.25) is 4.79 Å². The molecule has 3 aromatic rings. The molecule has 0 aliphatic heterocycles. The number of anilines is 1. The first-order valence-electron chi connectivity index (χ1n) is 7.80. The third-order valence-corrected chi connectivity index (χ3v) is 4.68. The summed E-state index contributed by atoms with van der Waals surface area (Å²) >= 11 is 3.48. The van der Waals surface area contributed by atoms with Crippen molar-refractivity contribution in [1.82, 2.24) is 0 Å². The molecule has 0 saturated carbocycles. The van der Waals surface area contributed by atoms with E-state index in [0.29, 0.717) is 11.5 Å². The fourth-order valence-electron chi connectivity index (χ4n) is 2.68. The van der Waals surface area contributed by atoms with Gasteiger partial charge in [-0.25, -0.2) is 0 Å². The lowest BCUT2D eigenvalue weighted by Crippen LogP contribution is -2.14. The Balaban J connectivity index is 1.77. The largest absolute Gasteiger partial charge is 0.493 e. The molecule has 0 heterocycles. The van der Waals surface area contributed by atoms with E-state index in [2.05, 4.69) is 21.2 Å². The van der Waals surface area contributed by atoms with Crippen LogP contribution >= 0.6 is 15.9 Å². The van der Waals surface area contributed by atoms with E-state index in [4.69, 9.17) is 9.47 Å². The van der Waals surface area contributed by atoms with Crippen molar-refractivity contribution >= 4 is 38.3 Å². The van der Waals surface area contributed by atoms with Crippen molar-refractivity contribution in [1.29, 1.82) is 0 Å². The molecule has 1 amide bonds. The molecule has 0 fully saturated rings. The highest BCUT2D eigenvalue weighted by Crippen LogP contribution is 2.33. The van der Waals surface area contributed by atoms with Gasteiger partial charge in [-0.1, -0.05) is 46.3 Å². The number of methoxy groups -OCH3 is 2. The molecule has 0 atom stereocenters. The maximum Gasteiger partial charge on any atom is 0.228 e. The van der Waals surface area contributed by atoms with Gasteiger partial charge < -0.3 is 14.8 Å². The van der Waals surface area contributed by atoms with E-state index < -0.39 is 0 Å². The van der Waals surface area contributed by atoms with Gasteiger partial charge in [0, 0.05) is 10.2 Å². The average Bonchev–Trinajstić information content (AvgIpc) is 2.62. The lowest BCUT2D eigenvalue weighted by molar-refractivity contribution is -0.115. The Morgan fingerprint density at radius 1 is 0.960 bits per heavy atom. The van der Waals surface area contributed by atoms with Gasteiger partial charge in [-0.15, -0.1) is 0 Å². The fraction of sp³-hybridized carbons (Fsp3) is 0.150. The Morgan fingerprint density at radius 3 is 2.36 bits per heavy atom. The summed E-state index contributed by atoms with van der Waals surface area (Å²) in [5.41, 5.74) is 1.61. The minimum absolute atomic E-state index is 0.0943. The number of carbonyl (C=O) groups excluding carboxylic acids is 1. The van der Waals surface area contributed by atoms with Gasteiger partial charge in [0.15, 0.2) is 11.5 Å². The molecule has 5 heteroatoms. The standard InChI is InChI=1S/C20H18BrNO3/c1-24-18-10-15(17(21)12-19(18)25-2)11-20(23)22-16-8-7-13-5-3-4-6-14(13)9-16/h3-10,12H,11H2,1-2H3,(H,22,23). The van der Waals surface area contributed by atoms with Crippen molar-refractivity contribution in [2.24, 2.45) is 0 Å². The van der Waals surface area contributed by atoms with Crippen LogP contribution in [0.5, 0.6) is 11.5 Å². The van der Waals surface area contributed by atoms with Crippen LogP contribution in [0.1, 0.15) is 5.56 Å². The molecule has 4 nitrogen and oxygen atoms in total. The van der Waals surface area contributed by atoms with Crippen LogP contribution in [0.15, 0.2) is 59.1 Å². The van der Waals surface area contributed by atoms with E-state index >= 15 is 0 Å². The van der Waals surface area contributed by atoms with Crippen molar-refractivity contribution < 1.29 is 14.3 Å². The normalized spacial score (nSPS) is 10.5. The van der Waals surface area contributed by atoms with Crippen molar-refractivity contribution in [3.05, 3.63) is 64.6 Å². The molecule has 25 heavy (non-hydrogen) atoms. The fourth-order valence-corrected chi connectivity index (χ4v) is 3.14. The molecule has 128 valence electrons. The number of hydrogen-bond acceptors (Lipinski definition) is 3. The second kappa shape index (κ2) is 7.57. The maximum atomic E-state index is 12.4. The zero-order chi connectivity index (χ0) is 17.8. The molecule has 0 aliphatic carbocycles. The monoisotopic (exact) mass is 399 g/mol. The van der Waals surface area contributed by atoms with Crippen LogP contribution in [0.3, 0.4) is 0 Å². The number of carbonyl (C=O) groups is 1. The van der Waals surface area contributed by atoms with Crippen LogP contribution in [0, 0.1) is 0 Å². The molecule has 0 radical (unpaired) electrons. The van der Waals surface area contributed by atoms with Crippen molar-refractivity contribution in [3.8, 4) is 11.5 Å². The van der Waals surface area contributed by atoms with Gasteiger partial charge in [0.05, 0.1) is 20.6 Å². The van der Waals surface area contributed by atoms with E-state index in [1.165, 1.54) is 0 Å². The van der Waals surface area contributed by atoms with Crippen molar-refractivity contribution in [2.75, 3.05) is 19.5 Å². The third kappa shape index (κ3) is 3.94. The summed E-state index contributed by atoms with van der Waals surface area (Å²) in [6, 6.07) is 17.5. The first-order valence-corrected chi connectivity index (χ1v) is 8.59. The van der Waals surface area contributed by atoms with Crippen molar-refractivity contribution in [2.45, 2.75) is 6.42 Å². The van der Waals surface area contributed by atoms with E-state index in [0.717, 1.165) is 26.5 Å². The second-order valence-electron chi connectivity index (χ2n) is 5.59. The SMILES string of the molecule is COc1cc(Br)c(CC(=O)Nc2ccc3ccccc3c2)cc1OC. The predicted molar refractivity (Wildman–Crippen MR) is 104 cm³/mol. The van der Waals surface area contributed by atoms with Crippen LogP contribution in [-0.2, 0) is 11.2 Å². The first kappa shape index (κ1) is 17.3. The number of amides is 1. The van der Waals surface area contributed by atoms with Gasteiger partial charge in [0.2, 0.25) is 5.91 Å². The topological polar surface area (TPSA) is 47.6 Å². The number of hydrogen-bond donors (Lipinski definition) is 1. The number of rotatable bonds is 5. The first-order chi connectivity index (χ1) is 12.1. The van der Waals surface area contributed by atoms with Crippen molar-refractivity contribution in [3.63, 3.8) is 0 Å². The molecule has 3 rings (SSSR count). The molecular formula is C20H18BrNO3.